The van der Waals surface area contributed by atoms with Gasteiger partial charge in [-0.05, 0) is 84.7 Å². The predicted molar refractivity (Wildman–Crippen MR) is 127 cm³/mol. The minimum absolute atomic E-state index is 0.385. The number of fused-ring (bicyclic) bond motifs is 1. The Balaban J connectivity index is 1.76. The molecule has 0 saturated heterocycles. The van der Waals surface area contributed by atoms with Crippen LogP contribution in [0.25, 0.3) is 0 Å². The van der Waals surface area contributed by atoms with Gasteiger partial charge in [0, 0.05) is 6.42 Å². The van der Waals surface area contributed by atoms with E-state index in [0.29, 0.717) is 41.9 Å². The fourth-order valence-corrected chi connectivity index (χ4v) is 6.32. The molecular weight excluding hydrogens is 368 g/mol. The van der Waals surface area contributed by atoms with Gasteiger partial charge >= 0.3 is 0 Å². The van der Waals surface area contributed by atoms with Crippen molar-refractivity contribution in [2.75, 3.05) is 0 Å². The molecule has 168 valence electrons. The van der Waals surface area contributed by atoms with Crippen molar-refractivity contribution in [1.82, 2.24) is 0 Å². The van der Waals surface area contributed by atoms with Gasteiger partial charge in [0.15, 0.2) is 0 Å². The highest BCUT2D eigenvalue weighted by molar-refractivity contribution is 5.38. The molecule has 0 heterocycles. The first-order valence-electron chi connectivity index (χ1n) is 12.3. The molecule has 3 rings (SSSR count). The van der Waals surface area contributed by atoms with Gasteiger partial charge in [-0.25, -0.2) is 0 Å². The first kappa shape index (κ1) is 23.5. The molecular formula is C28H44O2. The Hall–Kier alpha value is -1.12. The summed E-state index contributed by atoms with van der Waals surface area (Å²) in [6.07, 6.45) is 15.8. The second-order valence-corrected chi connectivity index (χ2v) is 11.0. The zero-order valence-corrected chi connectivity index (χ0v) is 19.9. The van der Waals surface area contributed by atoms with E-state index in [0.717, 1.165) is 17.1 Å². The molecule has 2 heteroatoms. The van der Waals surface area contributed by atoms with E-state index >= 15 is 0 Å². The van der Waals surface area contributed by atoms with Gasteiger partial charge in [0.2, 0.25) is 0 Å². The molecule has 0 amide bonds. The molecule has 0 aromatic carbocycles. The van der Waals surface area contributed by atoms with Crippen LogP contribution in [0.2, 0.25) is 0 Å². The number of allylic oxidation sites excluding steroid dienone is 5. The first-order valence-corrected chi connectivity index (χ1v) is 12.3. The SMILES string of the molecule is C=C1/C(=C\C=C2/CCC[C@]3(C)[C@@H]2CC[C@@H]3[C@H](C)/C=C/[C@H](C)C(C)C)C[C@H](O)C[C@@H]1O. The molecule has 3 aliphatic carbocycles. The van der Waals surface area contributed by atoms with Crippen molar-refractivity contribution >= 4 is 0 Å². The molecule has 2 nitrogen and oxygen atoms in total. The van der Waals surface area contributed by atoms with Crippen molar-refractivity contribution in [1.29, 1.82) is 0 Å². The fraction of sp³-hybridized carbons (Fsp3) is 0.714. The Kier molecular flexibility index (Phi) is 7.51. The predicted octanol–water partition coefficient (Wildman–Crippen LogP) is 6.61. The average molecular weight is 413 g/mol. The summed E-state index contributed by atoms with van der Waals surface area (Å²) in [4.78, 5) is 0. The highest BCUT2D eigenvalue weighted by atomic mass is 16.3. The fourth-order valence-electron chi connectivity index (χ4n) is 6.32. The Bertz CT molecular complexity index is 712. The van der Waals surface area contributed by atoms with Crippen molar-refractivity contribution in [3.05, 3.63) is 47.6 Å². The number of hydrogen-bond donors (Lipinski definition) is 2. The van der Waals surface area contributed by atoms with Crippen molar-refractivity contribution in [2.24, 2.45) is 35.0 Å². The maximum absolute atomic E-state index is 10.1. The Morgan fingerprint density at radius 1 is 1.07 bits per heavy atom. The quantitative estimate of drug-likeness (QED) is 0.499. The Morgan fingerprint density at radius 2 is 1.80 bits per heavy atom. The van der Waals surface area contributed by atoms with E-state index in [1.54, 1.807) is 5.57 Å². The third kappa shape index (κ3) is 4.86. The van der Waals surface area contributed by atoms with Gasteiger partial charge in [0.25, 0.3) is 0 Å². The summed E-state index contributed by atoms with van der Waals surface area (Å²) in [5, 5.41) is 20.2. The summed E-state index contributed by atoms with van der Waals surface area (Å²) in [7, 11) is 0. The number of aliphatic hydroxyl groups excluding tert-OH is 2. The van der Waals surface area contributed by atoms with E-state index in [-0.39, 0.29) is 0 Å². The van der Waals surface area contributed by atoms with Crippen molar-refractivity contribution in [2.45, 2.75) is 91.8 Å². The molecule has 3 aliphatic rings. The molecule has 3 fully saturated rings. The second kappa shape index (κ2) is 9.57. The molecule has 0 radical (unpaired) electrons. The van der Waals surface area contributed by atoms with Crippen LogP contribution in [0, 0.1) is 35.0 Å². The third-order valence-electron chi connectivity index (χ3n) is 8.71. The lowest BCUT2D eigenvalue weighted by Gasteiger charge is -2.44. The molecule has 7 atom stereocenters. The number of rotatable bonds is 5. The molecule has 0 bridgehead atoms. The first-order chi connectivity index (χ1) is 14.1. The van der Waals surface area contributed by atoms with Crippen LogP contribution >= 0.6 is 0 Å². The van der Waals surface area contributed by atoms with Crippen LogP contribution in [0.3, 0.4) is 0 Å². The van der Waals surface area contributed by atoms with Crippen LogP contribution in [-0.4, -0.2) is 22.4 Å². The molecule has 30 heavy (non-hydrogen) atoms. The standard InChI is InChI=1S/C28H44O2/c1-18(2)19(3)9-10-20(4)25-13-14-26-22(8-7-15-28(25,26)6)11-12-23-16-24(29)17-27(30)21(23)5/h9-12,18-20,24-27,29-30H,5,7-8,13-17H2,1-4,6H3/b10-9+,22-11+,23-12-/t19-,20+,24-,25+,26+,27-,28-/m0/s1. The second-order valence-electron chi connectivity index (χ2n) is 11.0. The molecule has 0 unspecified atom stereocenters. The van der Waals surface area contributed by atoms with Crippen LogP contribution in [-0.2, 0) is 0 Å². The lowest BCUT2D eigenvalue weighted by molar-refractivity contribution is 0.0862. The van der Waals surface area contributed by atoms with E-state index in [1.807, 2.05) is 0 Å². The van der Waals surface area contributed by atoms with Crippen LogP contribution in [0.1, 0.15) is 79.6 Å². The molecule has 2 N–H and O–H groups in total. The van der Waals surface area contributed by atoms with Crippen molar-refractivity contribution in [3.63, 3.8) is 0 Å². The summed E-state index contributed by atoms with van der Waals surface area (Å²) >= 11 is 0. The van der Waals surface area contributed by atoms with E-state index < -0.39 is 12.2 Å². The summed E-state index contributed by atoms with van der Waals surface area (Å²) < 4.78 is 0. The lowest BCUT2D eigenvalue weighted by atomic mass is 9.61. The van der Waals surface area contributed by atoms with Gasteiger partial charge in [-0.2, -0.15) is 0 Å². The van der Waals surface area contributed by atoms with Gasteiger partial charge in [-0.15, -0.1) is 0 Å². The Morgan fingerprint density at radius 3 is 2.50 bits per heavy atom. The lowest BCUT2D eigenvalue weighted by Crippen LogP contribution is -2.35. The van der Waals surface area contributed by atoms with Crippen molar-refractivity contribution < 1.29 is 10.2 Å². The van der Waals surface area contributed by atoms with Gasteiger partial charge in [0.05, 0.1) is 12.2 Å². The average Bonchev–Trinajstić information content (AvgIpc) is 3.04. The van der Waals surface area contributed by atoms with Crippen LogP contribution in [0.4, 0.5) is 0 Å². The van der Waals surface area contributed by atoms with Gasteiger partial charge in [0.1, 0.15) is 0 Å². The molecule has 3 saturated carbocycles. The summed E-state index contributed by atoms with van der Waals surface area (Å²) in [6, 6.07) is 0. The summed E-state index contributed by atoms with van der Waals surface area (Å²) in [6.45, 7) is 16.0. The van der Waals surface area contributed by atoms with E-state index in [9.17, 15) is 10.2 Å². The maximum atomic E-state index is 10.1. The molecule has 0 aliphatic heterocycles. The minimum Gasteiger partial charge on any atom is -0.393 e. The van der Waals surface area contributed by atoms with Crippen LogP contribution in [0.5, 0.6) is 0 Å². The number of hydrogen-bond acceptors (Lipinski definition) is 2. The summed E-state index contributed by atoms with van der Waals surface area (Å²) in [5.74, 6) is 3.38. The Labute approximate surface area is 184 Å². The topological polar surface area (TPSA) is 40.5 Å². The van der Waals surface area contributed by atoms with Crippen LogP contribution < -0.4 is 0 Å². The summed E-state index contributed by atoms with van der Waals surface area (Å²) in [5.41, 5.74) is 3.77. The molecule has 0 aromatic rings. The van der Waals surface area contributed by atoms with E-state index in [2.05, 4.69) is 65.5 Å². The minimum atomic E-state index is -0.605. The maximum Gasteiger partial charge on any atom is 0.0811 e. The zero-order valence-electron chi connectivity index (χ0n) is 19.9. The highest BCUT2D eigenvalue weighted by Gasteiger charge is 2.50. The van der Waals surface area contributed by atoms with Crippen LogP contribution in [0.15, 0.2) is 47.6 Å². The zero-order chi connectivity index (χ0) is 22.1. The highest BCUT2D eigenvalue weighted by Crippen LogP contribution is 2.59. The smallest absolute Gasteiger partial charge is 0.0811 e. The van der Waals surface area contributed by atoms with Gasteiger partial charge in [-0.3, -0.25) is 0 Å². The third-order valence-corrected chi connectivity index (χ3v) is 8.71. The monoisotopic (exact) mass is 412 g/mol. The largest absolute Gasteiger partial charge is 0.393 e. The molecule has 0 spiro atoms. The van der Waals surface area contributed by atoms with Crippen molar-refractivity contribution in [3.8, 4) is 0 Å². The number of aliphatic hydroxyl groups is 2. The normalized spacial score (nSPS) is 39.8. The van der Waals surface area contributed by atoms with E-state index in [4.69, 9.17) is 0 Å². The van der Waals surface area contributed by atoms with E-state index in [1.165, 1.54) is 32.1 Å². The van der Waals surface area contributed by atoms with Gasteiger partial charge in [-0.1, -0.05) is 71.1 Å². The molecule has 0 aromatic heterocycles. The van der Waals surface area contributed by atoms with Gasteiger partial charge < -0.3 is 10.2 Å².